The highest BCUT2D eigenvalue weighted by Crippen LogP contribution is 2.39. The van der Waals surface area contributed by atoms with Crippen molar-refractivity contribution in [2.45, 2.75) is 31.8 Å². The lowest BCUT2D eigenvalue weighted by atomic mass is 9.87. The highest BCUT2D eigenvalue weighted by Gasteiger charge is 2.25. The SMILES string of the molecule is COc1ccc(Cl)c2c1CCCC2NCc1cnnn1C. The summed E-state index contributed by atoms with van der Waals surface area (Å²) in [6.07, 6.45) is 5.00. The zero-order valence-corrected chi connectivity index (χ0v) is 13.0. The molecule has 5 nitrogen and oxygen atoms in total. The molecule has 1 aromatic heterocycles. The Morgan fingerprint density at radius 1 is 1.48 bits per heavy atom. The molecule has 2 aromatic rings. The van der Waals surface area contributed by atoms with E-state index in [2.05, 4.69) is 15.6 Å². The van der Waals surface area contributed by atoms with Gasteiger partial charge in [-0.1, -0.05) is 16.8 Å². The minimum Gasteiger partial charge on any atom is -0.496 e. The van der Waals surface area contributed by atoms with E-state index in [1.54, 1.807) is 18.0 Å². The van der Waals surface area contributed by atoms with Crippen molar-refractivity contribution >= 4 is 11.6 Å². The predicted octanol–water partition coefficient (Wildman–Crippen LogP) is 2.64. The smallest absolute Gasteiger partial charge is 0.122 e. The molecular formula is C15H19ClN4O. The Morgan fingerprint density at radius 2 is 2.33 bits per heavy atom. The average molecular weight is 307 g/mol. The molecule has 1 atom stereocenters. The molecular weight excluding hydrogens is 288 g/mol. The maximum atomic E-state index is 6.43. The van der Waals surface area contributed by atoms with Gasteiger partial charge in [0.1, 0.15) is 5.75 Å². The third kappa shape index (κ3) is 2.76. The fourth-order valence-electron chi connectivity index (χ4n) is 2.97. The molecule has 1 aliphatic carbocycles. The van der Waals surface area contributed by atoms with Crippen molar-refractivity contribution in [1.29, 1.82) is 0 Å². The molecule has 0 radical (unpaired) electrons. The number of ether oxygens (including phenoxy) is 1. The van der Waals surface area contributed by atoms with Crippen molar-refractivity contribution in [3.63, 3.8) is 0 Å². The van der Waals surface area contributed by atoms with Crippen LogP contribution in [-0.2, 0) is 20.0 Å². The summed E-state index contributed by atoms with van der Waals surface area (Å²) in [5, 5.41) is 12.2. The van der Waals surface area contributed by atoms with E-state index in [4.69, 9.17) is 16.3 Å². The Hall–Kier alpha value is -1.59. The summed E-state index contributed by atoms with van der Waals surface area (Å²) < 4.78 is 7.26. The number of fused-ring (bicyclic) bond motifs is 1. The number of halogens is 1. The molecule has 1 aromatic carbocycles. The number of hydrogen-bond donors (Lipinski definition) is 1. The molecule has 1 aliphatic rings. The number of nitrogens with one attached hydrogen (secondary N) is 1. The van der Waals surface area contributed by atoms with Crippen molar-refractivity contribution < 1.29 is 4.74 Å². The van der Waals surface area contributed by atoms with Gasteiger partial charge in [-0.2, -0.15) is 0 Å². The van der Waals surface area contributed by atoms with E-state index >= 15 is 0 Å². The Bertz CT molecular complexity index is 641. The molecule has 3 rings (SSSR count). The predicted molar refractivity (Wildman–Crippen MR) is 81.5 cm³/mol. The fourth-order valence-corrected chi connectivity index (χ4v) is 3.28. The second kappa shape index (κ2) is 6.03. The highest BCUT2D eigenvalue weighted by molar-refractivity contribution is 6.31. The highest BCUT2D eigenvalue weighted by atomic mass is 35.5. The van der Waals surface area contributed by atoms with Gasteiger partial charge in [-0.3, -0.25) is 4.68 Å². The lowest BCUT2D eigenvalue weighted by Gasteiger charge is -2.28. The summed E-state index contributed by atoms with van der Waals surface area (Å²) in [6, 6.07) is 4.12. The van der Waals surface area contributed by atoms with Gasteiger partial charge in [0, 0.05) is 30.2 Å². The maximum Gasteiger partial charge on any atom is 0.122 e. The second-order valence-corrected chi connectivity index (χ2v) is 5.72. The molecule has 112 valence electrons. The fraction of sp³-hybridized carbons (Fsp3) is 0.467. The summed E-state index contributed by atoms with van der Waals surface area (Å²) in [7, 11) is 3.61. The molecule has 21 heavy (non-hydrogen) atoms. The second-order valence-electron chi connectivity index (χ2n) is 5.32. The van der Waals surface area contributed by atoms with Crippen LogP contribution in [-0.4, -0.2) is 22.1 Å². The third-order valence-corrected chi connectivity index (χ3v) is 4.42. The molecule has 0 fully saturated rings. The minimum absolute atomic E-state index is 0.242. The van der Waals surface area contributed by atoms with Crippen LogP contribution in [0.25, 0.3) is 0 Å². The van der Waals surface area contributed by atoms with Crippen molar-refractivity contribution in [3.05, 3.63) is 40.2 Å². The van der Waals surface area contributed by atoms with E-state index in [-0.39, 0.29) is 6.04 Å². The number of methoxy groups -OCH3 is 1. The van der Waals surface area contributed by atoms with E-state index in [0.717, 1.165) is 42.3 Å². The minimum atomic E-state index is 0.242. The van der Waals surface area contributed by atoms with E-state index in [1.165, 1.54) is 11.1 Å². The van der Waals surface area contributed by atoms with Crippen molar-refractivity contribution in [2.75, 3.05) is 7.11 Å². The Balaban J connectivity index is 1.85. The van der Waals surface area contributed by atoms with Gasteiger partial charge in [0.25, 0.3) is 0 Å². The van der Waals surface area contributed by atoms with E-state index in [9.17, 15) is 0 Å². The molecule has 0 saturated carbocycles. The van der Waals surface area contributed by atoms with Crippen LogP contribution in [0, 0.1) is 0 Å². The van der Waals surface area contributed by atoms with Gasteiger partial charge < -0.3 is 10.1 Å². The maximum absolute atomic E-state index is 6.43. The van der Waals surface area contributed by atoms with Gasteiger partial charge in [-0.05, 0) is 37.0 Å². The molecule has 0 saturated heterocycles. The third-order valence-electron chi connectivity index (χ3n) is 4.09. The lowest BCUT2D eigenvalue weighted by molar-refractivity contribution is 0.394. The van der Waals surface area contributed by atoms with Crippen LogP contribution in [0.5, 0.6) is 5.75 Å². The van der Waals surface area contributed by atoms with Crippen molar-refractivity contribution in [3.8, 4) is 5.75 Å². The Labute approximate surface area is 129 Å². The number of nitrogens with zero attached hydrogens (tertiary/aromatic N) is 3. The van der Waals surface area contributed by atoms with Crippen LogP contribution < -0.4 is 10.1 Å². The average Bonchev–Trinajstić information content (AvgIpc) is 2.91. The zero-order chi connectivity index (χ0) is 14.8. The van der Waals surface area contributed by atoms with Gasteiger partial charge in [0.05, 0.1) is 19.0 Å². The summed E-state index contributed by atoms with van der Waals surface area (Å²) >= 11 is 6.43. The molecule has 0 spiro atoms. The van der Waals surface area contributed by atoms with E-state index in [0.29, 0.717) is 0 Å². The van der Waals surface area contributed by atoms with Gasteiger partial charge in [0.15, 0.2) is 0 Å². The van der Waals surface area contributed by atoms with Gasteiger partial charge in [-0.15, -0.1) is 5.10 Å². The van der Waals surface area contributed by atoms with Crippen LogP contribution in [0.2, 0.25) is 5.02 Å². The molecule has 1 unspecified atom stereocenters. The summed E-state index contributed by atoms with van der Waals surface area (Å²) in [6.45, 7) is 0.723. The van der Waals surface area contributed by atoms with Crippen LogP contribution >= 0.6 is 11.6 Å². The zero-order valence-electron chi connectivity index (χ0n) is 12.3. The van der Waals surface area contributed by atoms with Crippen molar-refractivity contribution in [2.24, 2.45) is 7.05 Å². The number of hydrogen-bond acceptors (Lipinski definition) is 4. The van der Waals surface area contributed by atoms with E-state index in [1.807, 2.05) is 19.2 Å². The molecule has 6 heteroatoms. The Kier molecular flexibility index (Phi) is 4.12. The molecule has 1 heterocycles. The molecule has 0 aliphatic heterocycles. The summed E-state index contributed by atoms with van der Waals surface area (Å²) in [5.41, 5.74) is 3.47. The quantitative estimate of drug-likeness (QED) is 0.943. The van der Waals surface area contributed by atoms with Gasteiger partial charge >= 0.3 is 0 Å². The summed E-state index contributed by atoms with van der Waals surface area (Å²) in [4.78, 5) is 0. The first kappa shape index (κ1) is 14.4. The molecule has 0 amide bonds. The largest absolute Gasteiger partial charge is 0.496 e. The van der Waals surface area contributed by atoms with Gasteiger partial charge in [0.2, 0.25) is 0 Å². The molecule has 0 bridgehead atoms. The summed E-state index contributed by atoms with van der Waals surface area (Å²) in [5.74, 6) is 0.933. The Morgan fingerprint density at radius 3 is 3.05 bits per heavy atom. The lowest BCUT2D eigenvalue weighted by Crippen LogP contribution is -2.26. The first-order valence-corrected chi connectivity index (χ1v) is 7.50. The normalized spacial score (nSPS) is 17.6. The van der Waals surface area contributed by atoms with Crippen LogP contribution in [0.15, 0.2) is 18.3 Å². The van der Waals surface area contributed by atoms with Crippen LogP contribution in [0.4, 0.5) is 0 Å². The van der Waals surface area contributed by atoms with Gasteiger partial charge in [-0.25, -0.2) is 0 Å². The first-order chi connectivity index (χ1) is 10.2. The number of rotatable bonds is 4. The molecule has 1 N–H and O–H groups in total. The number of aromatic nitrogens is 3. The van der Waals surface area contributed by atoms with Crippen LogP contribution in [0.1, 0.15) is 35.7 Å². The van der Waals surface area contributed by atoms with Crippen molar-refractivity contribution in [1.82, 2.24) is 20.3 Å². The van der Waals surface area contributed by atoms with E-state index < -0.39 is 0 Å². The topological polar surface area (TPSA) is 52.0 Å². The number of aryl methyl sites for hydroxylation is 1. The standard InChI is InChI=1S/C15H19ClN4O/c1-20-10(9-18-19-20)8-17-13-5-3-4-11-14(21-2)7-6-12(16)15(11)13/h6-7,9,13,17H,3-5,8H2,1-2H3. The first-order valence-electron chi connectivity index (χ1n) is 7.13. The monoisotopic (exact) mass is 306 g/mol. The number of benzene rings is 1. The van der Waals surface area contributed by atoms with Crippen LogP contribution in [0.3, 0.4) is 0 Å².